The summed E-state index contributed by atoms with van der Waals surface area (Å²) in [6.45, 7) is 8.13. The molecular weight excluding hydrogens is 288 g/mol. The highest BCUT2D eigenvalue weighted by molar-refractivity contribution is 7.17. The molecule has 0 fully saturated rings. The number of aromatic nitrogens is 1. The Bertz CT molecular complexity index is 548. The van der Waals surface area contributed by atoms with Gasteiger partial charge in [0.1, 0.15) is 0 Å². The zero-order valence-corrected chi connectivity index (χ0v) is 13.8. The molecule has 2 rings (SSSR count). The first-order chi connectivity index (χ1) is 9.69. The van der Waals surface area contributed by atoms with E-state index >= 15 is 0 Å². The van der Waals surface area contributed by atoms with Crippen molar-refractivity contribution in [2.75, 3.05) is 11.4 Å². The molecule has 2 aromatic rings. The second-order valence-electron chi connectivity index (χ2n) is 4.77. The molecule has 3 nitrogen and oxygen atoms in total. The number of aldehydes is 1. The van der Waals surface area contributed by atoms with Crippen molar-refractivity contribution >= 4 is 34.1 Å². The number of thiophene rings is 1. The number of hydrogen-bond acceptors (Lipinski definition) is 5. The Kier molecular flexibility index (Phi) is 5.31. The Morgan fingerprint density at radius 1 is 1.45 bits per heavy atom. The van der Waals surface area contributed by atoms with Crippen LogP contribution in [0.3, 0.4) is 0 Å². The second-order valence-corrected chi connectivity index (χ2v) is 6.81. The first-order valence-corrected chi connectivity index (χ1v) is 8.62. The van der Waals surface area contributed by atoms with E-state index in [0.29, 0.717) is 5.92 Å². The Balaban J connectivity index is 2.25. The SMILES string of the molecule is CCC(C)c1nc(N(CC)Cc2cccs2)sc1C=O. The largest absolute Gasteiger partial charge is 0.343 e. The zero-order valence-electron chi connectivity index (χ0n) is 12.1. The monoisotopic (exact) mass is 308 g/mol. The van der Waals surface area contributed by atoms with Crippen molar-refractivity contribution < 1.29 is 4.79 Å². The van der Waals surface area contributed by atoms with Gasteiger partial charge in [0, 0.05) is 11.4 Å². The highest BCUT2D eigenvalue weighted by atomic mass is 32.1. The summed E-state index contributed by atoms with van der Waals surface area (Å²) in [5, 5.41) is 3.05. The molecule has 0 aliphatic rings. The molecule has 0 bridgehead atoms. The average molecular weight is 308 g/mol. The van der Waals surface area contributed by atoms with Gasteiger partial charge in [0.25, 0.3) is 0 Å². The van der Waals surface area contributed by atoms with Crippen molar-refractivity contribution in [2.24, 2.45) is 0 Å². The summed E-state index contributed by atoms with van der Waals surface area (Å²) in [6.07, 6.45) is 1.95. The molecular formula is C15H20N2OS2. The minimum atomic E-state index is 0.334. The van der Waals surface area contributed by atoms with Crippen molar-refractivity contribution in [1.82, 2.24) is 4.98 Å². The van der Waals surface area contributed by atoms with Gasteiger partial charge in [0.2, 0.25) is 0 Å². The van der Waals surface area contributed by atoms with Gasteiger partial charge in [-0.15, -0.1) is 11.3 Å². The third kappa shape index (κ3) is 3.27. The Morgan fingerprint density at radius 2 is 2.25 bits per heavy atom. The van der Waals surface area contributed by atoms with E-state index in [2.05, 4.69) is 43.2 Å². The molecule has 0 saturated heterocycles. The zero-order chi connectivity index (χ0) is 14.5. The predicted octanol–water partition coefficient (Wildman–Crippen LogP) is 4.56. The lowest BCUT2D eigenvalue weighted by molar-refractivity contribution is 0.112. The summed E-state index contributed by atoms with van der Waals surface area (Å²) in [6, 6.07) is 4.20. The molecule has 2 aromatic heterocycles. The normalized spacial score (nSPS) is 12.3. The van der Waals surface area contributed by atoms with Crippen LogP contribution in [0.2, 0.25) is 0 Å². The van der Waals surface area contributed by atoms with Crippen LogP contribution in [0.25, 0.3) is 0 Å². The molecule has 108 valence electrons. The lowest BCUT2D eigenvalue weighted by Crippen LogP contribution is -2.21. The number of anilines is 1. The van der Waals surface area contributed by atoms with E-state index in [9.17, 15) is 4.79 Å². The summed E-state index contributed by atoms with van der Waals surface area (Å²) >= 11 is 3.26. The Hall–Kier alpha value is -1.20. The molecule has 0 spiro atoms. The van der Waals surface area contributed by atoms with Gasteiger partial charge in [-0.05, 0) is 30.7 Å². The summed E-state index contributed by atoms with van der Waals surface area (Å²) in [7, 11) is 0. The molecule has 0 aromatic carbocycles. The Labute approximate surface area is 128 Å². The minimum absolute atomic E-state index is 0.334. The van der Waals surface area contributed by atoms with E-state index in [-0.39, 0.29) is 0 Å². The van der Waals surface area contributed by atoms with Crippen molar-refractivity contribution in [1.29, 1.82) is 0 Å². The van der Waals surface area contributed by atoms with Crippen molar-refractivity contribution in [3.8, 4) is 0 Å². The van der Waals surface area contributed by atoms with Crippen LogP contribution in [-0.4, -0.2) is 17.8 Å². The standard InChI is InChI=1S/C15H20N2OS2/c1-4-11(3)14-13(10-18)20-15(16-14)17(5-2)9-12-7-6-8-19-12/h6-8,10-11H,4-5,9H2,1-3H3. The molecule has 1 atom stereocenters. The third-order valence-corrected chi connectivity index (χ3v) is 5.35. The minimum Gasteiger partial charge on any atom is -0.343 e. The molecule has 0 radical (unpaired) electrons. The summed E-state index contributed by atoms with van der Waals surface area (Å²) in [5.41, 5.74) is 0.951. The maximum absolute atomic E-state index is 11.2. The maximum atomic E-state index is 11.2. The highest BCUT2D eigenvalue weighted by Gasteiger charge is 2.18. The van der Waals surface area contributed by atoms with Crippen LogP contribution in [-0.2, 0) is 6.54 Å². The second kappa shape index (κ2) is 6.99. The third-order valence-electron chi connectivity index (χ3n) is 3.44. The first-order valence-electron chi connectivity index (χ1n) is 6.92. The number of carbonyl (C=O) groups is 1. The molecule has 5 heteroatoms. The number of carbonyl (C=O) groups excluding carboxylic acids is 1. The van der Waals surface area contributed by atoms with Crippen molar-refractivity contribution in [3.63, 3.8) is 0 Å². The van der Waals surface area contributed by atoms with Gasteiger partial charge in [0.05, 0.1) is 17.1 Å². The van der Waals surface area contributed by atoms with Crippen LogP contribution in [0.5, 0.6) is 0 Å². The summed E-state index contributed by atoms with van der Waals surface area (Å²) in [4.78, 5) is 20.3. The summed E-state index contributed by atoms with van der Waals surface area (Å²) in [5.74, 6) is 0.334. The van der Waals surface area contributed by atoms with E-state index in [1.54, 1.807) is 11.3 Å². The smallest absolute Gasteiger partial charge is 0.186 e. The van der Waals surface area contributed by atoms with Crippen LogP contribution >= 0.6 is 22.7 Å². The average Bonchev–Trinajstić information content (AvgIpc) is 3.12. The molecule has 0 N–H and O–H groups in total. The molecule has 1 unspecified atom stereocenters. The van der Waals surface area contributed by atoms with Gasteiger partial charge in [-0.25, -0.2) is 4.98 Å². The summed E-state index contributed by atoms with van der Waals surface area (Å²) < 4.78 is 0. The van der Waals surface area contributed by atoms with Crippen LogP contribution in [0.1, 0.15) is 53.4 Å². The number of thiazole rings is 1. The molecule has 20 heavy (non-hydrogen) atoms. The maximum Gasteiger partial charge on any atom is 0.186 e. The first kappa shape index (κ1) is 15.2. The molecule has 0 saturated carbocycles. The van der Waals surface area contributed by atoms with Gasteiger partial charge in [0.15, 0.2) is 11.4 Å². The van der Waals surface area contributed by atoms with E-state index in [0.717, 1.165) is 41.5 Å². The fraction of sp³-hybridized carbons (Fsp3) is 0.467. The van der Waals surface area contributed by atoms with E-state index in [4.69, 9.17) is 4.98 Å². The van der Waals surface area contributed by atoms with Gasteiger partial charge in [-0.1, -0.05) is 31.3 Å². The molecule has 0 amide bonds. The van der Waals surface area contributed by atoms with Gasteiger partial charge < -0.3 is 4.90 Å². The van der Waals surface area contributed by atoms with Crippen molar-refractivity contribution in [2.45, 2.75) is 39.7 Å². The fourth-order valence-corrected chi connectivity index (χ4v) is 3.79. The fourth-order valence-electron chi connectivity index (χ4n) is 2.00. The highest BCUT2D eigenvalue weighted by Crippen LogP contribution is 2.32. The molecule has 2 heterocycles. The van der Waals surface area contributed by atoms with Crippen LogP contribution in [0.4, 0.5) is 5.13 Å². The number of rotatable bonds is 7. The van der Waals surface area contributed by atoms with E-state index in [1.165, 1.54) is 16.2 Å². The van der Waals surface area contributed by atoms with Gasteiger partial charge in [-0.3, -0.25) is 4.79 Å². The quantitative estimate of drug-likeness (QED) is 0.703. The van der Waals surface area contributed by atoms with E-state index < -0.39 is 0 Å². The predicted molar refractivity (Wildman–Crippen MR) is 87.3 cm³/mol. The lowest BCUT2D eigenvalue weighted by Gasteiger charge is -2.18. The lowest BCUT2D eigenvalue weighted by atomic mass is 10.0. The van der Waals surface area contributed by atoms with Crippen LogP contribution in [0.15, 0.2) is 17.5 Å². The molecule has 0 aliphatic heterocycles. The number of hydrogen-bond donors (Lipinski definition) is 0. The van der Waals surface area contributed by atoms with Crippen LogP contribution in [0, 0.1) is 0 Å². The van der Waals surface area contributed by atoms with Crippen LogP contribution < -0.4 is 4.90 Å². The number of nitrogens with zero attached hydrogens (tertiary/aromatic N) is 2. The van der Waals surface area contributed by atoms with Gasteiger partial charge in [-0.2, -0.15) is 0 Å². The topological polar surface area (TPSA) is 33.2 Å². The molecule has 0 aliphatic carbocycles. The van der Waals surface area contributed by atoms with Gasteiger partial charge >= 0.3 is 0 Å². The van der Waals surface area contributed by atoms with E-state index in [1.807, 2.05) is 0 Å². The Morgan fingerprint density at radius 3 is 2.80 bits per heavy atom. The van der Waals surface area contributed by atoms with Crippen molar-refractivity contribution in [3.05, 3.63) is 33.0 Å².